The molecule has 15 nitrogen and oxygen atoms in total. The lowest BCUT2D eigenvalue weighted by atomic mass is 10.0. The smallest absolute Gasteiger partial charge is 0.330 e. The molecule has 0 aromatic heterocycles. The quantitative estimate of drug-likeness (QED) is 0.0372. The van der Waals surface area contributed by atoms with Crippen molar-refractivity contribution < 1.29 is 73.1 Å². The van der Waals surface area contributed by atoms with E-state index in [-0.39, 0.29) is 6.29 Å². The molecule has 0 spiro atoms. The van der Waals surface area contributed by atoms with Gasteiger partial charge in [0.1, 0.15) is 62.5 Å². The Morgan fingerprint density at radius 3 is 1.29 bits per heavy atom. The van der Waals surface area contributed by atoms with Crippen LogP contribution in [0.4, 0.5) is 0 Å². The molecule has 0 aromatic carbocycles. The summed E-state index contributed by atoms with van der Waals surface area (Å²) in [5, 5.41) is 50.6. The summed E-state index contributed by atoms with van der Waals surface area (Å²) in [6, 6.07) is 0. The summed E-state index contributed by atoms with van der Waals surface area (Å²) in [5.41, 5.74) is 0. The van der Waals surface area contributed by atoms with Crippen LogP contribution in [0.3, 0.4) is 0 Å². The van der Waals surface area contributed by atoms with Crippen molar-refractivity contribution >= 4 is 24.2 Å². The fraction of sp³-hybridized carbons (Fsp3) is 0.630. The molecule has 0 amide bonds. The van der Waals surface area contributed by atoms with Gasteiger partial charge in [-0.15, -0.1) is 0 Å². The number of allylic oxidation sites excluding steroid dienone is 3. The molecule has 15 heteroatoms. The van der Waals surface area contributed by atoms with Crippen LogP contribution in [0.2, 0.25) is 0 Å². The van der Waals surface area contributed by atoms with Crippen molar-refractivity contribution in [3.05, 3.63) is 36.5 Å². The molecule has 7 atom stereocenters. The first kappa shape index (κ1) is 39.0. The molecule has 0 aliphatic rings. The van der Waals surface area contributed by atoms with Crippen LogP contribution in [-0.2, 0) is 47.6 Å². The summed E-state index contributed by atoms with van der Waals surface area (Å²) in [5.74, 6) is -2.17. The third-order valence-electron chi connectivity index (χ3n) is 4.95. The number of aliphatic hydroxyl groups excluding tert-OH is 5. The van der Waals surface area contributed by atoms with E-state index in [1.807, 2.05) is 0 Å². The Kier molecular flexibility index (Phi) is 21.8. The molecular weight excluding hydrogens is 564 g/mol. The first-order chi connectivity index (χ1) is 20.0. The van der Waals surface area contributed by atoms with Crippen molar-refractivity contribution in [2.75, 3.05) is 46.2 Å². The Hall–Kier alpha value is -3.02. The Labute approximate surface area is 243 Å². The molecular formula is C27H42O15. The number of esters is 3. The third-order valence-corrected chi connectivity index (χ3v) is 4.95. The summed E-state index contributed by atoms with van der Waals surface area (Å²) in [4.78, 5) is 46.5. The lowest BCUT2D eigenvalue weighted by molar-refractivity contribution is -0.194. The molecule has 0 rings (SSSR count). The molecule has 0 saturated heterocycles. The summed E-state index contributed by atoms with van der Waals surface area (Å²) < 4.78 is 31.0. The highest BCUT2D eigenvalue weighted by Crippen LogP contribution is 2.17. The van der Waals surface area contributed by atoms with Crippen molar-refractivity contribution in [2.45, 2.75) is 63.5 Å². The van der Waals surface area contributed by atoms with E-state index in [4.69, 9.17) is 28.4 Å². The predicted octanol–water partition coefficient (Wildman–Crippen LogP) is -1.87. The largest absolute Gasteiger partial charge is 0.460 e. The highest BCUT2D eigenvalue weighted by molar-refractivity contribution is 5.82. The van der Waals surface area contributed by atoms with Crippen LogP contribution in [0.5, 0.6) is 0 Å². The Bertz CT molecular complexity index is 872. The van der Waals surface area contributed by atoms with Crippen molar-refractivity contribution in [1.82, 2.24) is 0 Å². The molecule has 0 aliphatic carbocycles. The summed E-state index contributed by atoms with van der Waals surface area (Å²) in [6.07, 6.45) is -2.73. The molecule has 3 unspecified atom stereocenters. The standard InChI is InChI=1S/C27H42O15/c1-4-7-23(34)38-13-18(30)12-37-22(11-29)27(42-17-20(32)15-40-25(36)9-6-3)26(21(33)10-28)41-16-19(31)14-39-24(35)8-5-2/h4-9,11,18-22,26-28,30-33H,10,12-17H2,1-3H3/t18?,19?,20?,21-,22+,26-,27-/m1/s1. The van der Waals surface area contributed by atoms with Gasteiger partial charge in [0.2, 0.25) is 0 Å². The van der Waals surface area contributed by atoms with Gasteiger partial charge >= 0.3 is 17.9 Å². The molecule has 0 saturated carbocycles. The number of hydrogen-bond donors (Lipinski definition) is 5. The summed E-state index contributed by atoms with van der Waals surface area (Å²) >= 11 is 0. The van der Waals surface area contributed by atoms with E-state index in [0.29, 0.717) is 0 Å². The minimum absolute atomic E-state index is 0.247. The van der Waals surface area contributed by atoms with Gasteiger partial charge in [-0.1, -0.05) is 18.2 Å². The van der Waals surface area contributed by atoms with Crippen molar-refractivity contribution in [1.29, 1.82) is 0 Å². The minimum Gasteiger partial charge on any atom is -0.460 e. The minimum atomic E-state index is -1.71. The van der Waals surface area contributed by atoms with E-state index in [0.717, 1.165) is 18.2 Å². The van der Waals surface area contributed by atoms with Crippen LogP contribution in [0.25, 0.3) is 0 Å². The Morgan fingerprint density at radius 2 is 0.952 bits per heavy atom. The zero-order valence-corrected chi connectivity index (χ0v) is 23.9. The van der Waals surface area contributed by atoms with Gasteiger partial charge in [0.25, 0.3) is 0 Å². The van der Waals surface area contributed by atoms with Gasteiger partial charge in [-0.05, 0) is 20.8 Å². The van der Waals surface area contributed by atoms with Crippen molar-refractivity contribution in [3.8, 4) is 0 Å². The van der Waals surface area contributed by atoms with Crippen LogP contribution in [0.1, 0.15) is 20.8 Å². The van der Waals surface area contributed by atoms with Crippen LogP contribution < -0.4 is 0 Å². The van der Waals surface area contributed by atoms with E-state index in [9.17, 15) is 44.7 Å². The number of aliphatic hydroxyl groups is 5. The zero-order chi connectivity index (χ0) is 31.9. The molecule has 0 bridgehead atoms. The molecule has 0 heterocycles. The van der Waals surface area contributed by atoms with E-state index < -0.39 is 107 Å². The van der Waals surface area contributed by atoms with Crippen molar-refractivity contribution in [3.63, 3.8) is 0 Å². The molecule has 240 valence electrons. The number of carbonyl (C=O) groups is 4. The second-order valence-corrected chi connectivity index (χ2v) is 8.63. The second kappa shape index (κ2) is 23.5. The van der Waals surface area contributed by atoms with Crippen LogP contribution in [-0.4, -0.2) is 139 Å². The average Bonchev–Trinajstić information content (AvgIpc) is 2.96. The Balaban J connectivity index is 5.65. The van der Waals surface area contributed by atoms with Gasteiger partial charge in [-0.25, -0.2) is 14.4 Å². The Morgan fingerprint density at radius 1 is 0.595 bits per heavy atom. The SMILES string of the molecule is CC=CC(=O)OCC(O)CO[C@@H]([C@H](OCC(O)COC(=O)C=CC)[C@H](C=O)OCC(O)COC(=O)C=CC)[C@H](O)CO. The van der Waals surface area contributed by atoms with E-state index in [1.54, 1.807) is 20.8 Å². The fourth-order valence-electron chi connectivity index (χ4n) is 3.02. The van der Waals surface area contributed by atoms with Gasteiger partial charge in [0.05, 0.1) is 26.4 Å². The number of ether oxygens (including phenoxy) is 6. The topological polar surface area (TPSA) is 225 Å². The van der Waals surface area contributed by atoms with Gasteiger partial charge in [-0.2, -0.15) is 0 Å². The van der Waals surface area contributed by atoms with E-state index >= 15 is 0 Å². The monoisotopic (exact) mass is 606 g/mol. The van der Waals surface area contributed by atoms with E-state index in [1.165, 1.54) is 18.2 Å². The molecule has 0 fully saturated rings. The van der Waals surface area contributed by atoms with Crippen molar-refractivity contribution in [2.24, 2.45) is 0 Å². The maximum Gasteiger partial charge on any atom is 0.330 e. The van der Waals surface area contributed by atoms with Gasteiger partial charge < -0.3 is 58.7 Å². The fourth-order valence-corrected chi connectivity index (χ4v) is 3.02. The zero-order valence-electron chi connectivity index (χ0n) is 23.9. The average molecular weight is 607 g/mol. The molecule has 0 radical (unpaired) electrons. The second-order valence-electron chi connectivity index (χ2n) is 8.63. The van der Waals surface area contributed by atoms with Gasteiger partial charge in [0.15, 0.2) is 6.29 Å². The number of aldehydes is 1. The van der Waals surface area contributed by atoms with Crippen LogP contribution >= 0.6 is 0 Å². The first-order valence-corrected chi connectivity index (χ1v) is 13.0. The predicted molar refractivity (Wildman–Crippen MR) is 144 cm³/mol. The third kappa shape index (κ3) is 17.7. The van der Waals surface area contributed by atoms with Gasteiger partial charge in [-0.3, -0.25) is 0 Å². The molecule has 5 N–H and O–H groups in total. The first-order valence-electron chi connectivity index (χ1n) is 13.0. The summed E-state index contributed by atoms with van der Waals surface area (Å²) in [7, 11) is 0. The van der Waals surface area contributed by atoms with E-state index in [2.05, 4.69) is 0 Å². The lowest BCUT2D eigenvalue weighted by Crippen LogP contribution is -2.52. The maximum absolute atomic E-state index is 12.0. The number of rotatable bonds is 23. The molecule has 42 heavy (non-hydrogen) atoms. The number of carbonyl (C=O) groups excluding carboxylic acids is 4. The maximum atomic E-state index is 12.0. The highest BCUT2D eigenvalue weighted by atomic mass is 16.6. The molecule has 0 aliphatic heterocycles. The van der Waals surface area contributed by atoms with Gasteiger partial charge in [0, 0.05) is 18.2 Å². The highest BCUT2D eigenvalue weighted by Gasteiger charge is 2.38. The van der Waals surface area contributed by atoms with Crippen LogP contribution in [0, 0.1) is 0 Å². The lowest BCUT2D eigenvalue weighted by Gasteiger charge is -2.34. The summed E-state index contributed by atoms with van der Waals surface area (Å²) in [6.45, 7) is 0.714. The molecule has 0 aromatic rings. The van der Waals surface area contributed by atoms with Crippen LogP contribution in [0.15, 0.2) is 36.5 Å². The normalized spacial score (nSPS) is 17.0. The number of hydrogen-bond acceptors (Lipinski definition) is 15.